The third kappa shape index (κ3) is 5.17. The number of rotatable bonds is 5. The van der Waals surface area contributed by atoms with Crippen LogP contribution in [0.5, 0.6) is 5.75 Å². The summed E-state index contributed by atoms with van der Waals surface area (Å²) in [5.41, 5.74) is 4.14. The number of carbonyl (C=O) groups is 1. The number of ether oxygens (including phenoxy) is 1. The number of carbonyl (C=O) groups excluding carboxylic acids is 1. The van der Waals surface area contributed by atoms with Gasteiger partial charge in [-0.15, -0.1) is 0 Å². The van der Waals surface area contributed by atoms with Crippen LogP contribution in [-0.2, 0) is 0 Å². The van der Waals surface area contributed by atoms with E-state index in [1.165, 1.54) is 11.6 Å². The van der Waals surface area contributed by atoms with Crippen LogP contribution in [0.3, 0.4) is 0 Å². The lowest BCUT2D eigenvalue weighted by Gasteiger charge is -2.14. The standard InChI is InChI=1S/C25H21Cl2N3O3S/c1-13(2)14-4-9-22-20(10-14)28-24(33-22)15-5-8-21(32-3)19(11-15)29-25(34)30-23(31)17-12-16(26)6-7-18(17)27/h4-13H,1-3H3,(H2,29,30,31,34). The molecular weight excluding hydrogens is 493 g/mol. The molecule has 0 bridgehead atoms. The lowest BCUT2D eigenvalue weighted by molar-refractivity contribution is 0.0978. The molecule has 1 heterocycles. The molecule has 34 heavy (non-hydrogen) atoms. The monoisotopic (exact) mass is 513 g/mol. The Labute approximate surface area is 212 Å². The number of aromatic nitrogens is 1. The maximum atomic E-state index is 12.6. The molecule has 4 rings (SSSR count). The summed E-state index contributed by atoms with van der Waals surface area (Å²) in [6.45, 7) is 4.26. The maximum absolute atomic E-state index is 12.6. The van der Waals surface area contributed by atoms with Crippen LogP contribution in [0, 0.1) is 0 Å². The second kappa shape index (κ2) is 10.0. The smallest absolute Gasteiger partial charge is 0.258 e. The third-order valence-electron chi connectivity index (χ3n) is 5.17. The van der Waals surface area contributed by atoms with Crippen LogP contribution in [0.2, 0.25) is 10.0 Å². The van der Waals surface area contributed by atoms with Crippen LogP contribution >= 0.6 is 35.4 Å². The maximum Gasteiger partial charge on any atom is 0.258 e. The van der Waals surface area contributed by atoms with E-state index in [9.17, 15) is 4.79 Å². The average molecular weight is 514 g/mol. The predicted molar refractivity (Wildman–Crippen MR) is 140 cm³/mol. The number of amides is 1. The van der Waals surface area contributed by atoms with Crippen molar-refractivity contribution in [3.63, 3.8) is 0 Å². The van der Waals surface area contributed by atoms with Gasteiger partial charge in [0.2, 0.25) is 5.89 Å². The Kier molecular flexibility index (Phi) is 7.07. The Bertz CT molecular complexity index is 1400. The number of hydrogen-bond donors (Lipinski definition) is 2. The summed E-state index contributed by atoms with van der Waals surface area (Å²) in [5, 5.41) is 6.32. The van der Waals surface area contributed by atoms with Crippen LogP contribution in [0.4, 0.5) is 5.69 Å². The molecule has 3 aromatic carbocycles. The first-order valence-electron chi connectivity index (χ1n) is 10.4. The highest BCUT2D eigenvalue weighted by molar-refractivity contribution is 7.80. The number of nitrogens with zero attached hydrogens (tertiary/aromatic N) is 1. The van der Waals surface area contributed by atoms with E-state index in [0.717, 1.165) is 11.1 Å². The van der Waals surface area contributed by atoms with Gasteiger partial charge in [0, 0.05) is 10.6 Å². The van der Waals surface area contributed by atoms with Gasteiger partial charge in [0.1, 0.15) is 11.3 Å². The van der Waals surface area contributed by atoms with E-state index in [-0.39, 0.29) is 15.7 Å². The number of hydrogen-bond acceptors (Lipinski definition) is 5. The van der Waals surface area contributed by atoms with Crippen molar-refractivity contribution in [1.29, 1.82) is 0 Å². The zero-order valence-corrected chi connectivity index (χ0v) is 20.9. The lowest BCUT2D eigenvalue weighted by Crippen LogP contribution is -2.34. The van der Waals surface area contributed by atoms with Gasteiger partial charge in [-0.3, -0.25) is 10.1 Å². The highest BCUT2D eigenvalue weighted by Gasteiger charge is 2.16. The van der Waals surface area contributed by atoms with E-state index < -0.39 is 5.91 Å². The van der Waals surface area contributed by atoms with Crippen molar-refractivity contribution >= 4 is 63.2 Å². The Morgan fingerprint density at radius 1 is 1.09 bits per heavy atom. The van der Waals surface area contributed by atoms with Crippen molar-refractivity contribution in [3.8, 4) is 17.2 Å². The minimum absolute atomic E-state index is 0.0654. The predicted octanol–water partition coefficient (Wildman–Crippen LogP) is 7.06. The molecule has 0 aliphatic carbocycles. The van der Waals surface area contributed by atoms with E-state index >= 15 is 0 Å². The molecule has 1 aromatic heterocycles. The van der Waals surface area contributed by atoms with Gasteiger partial charge >= 0.3 is 0 Å². The number of anilines is 1. The topological polar surface area (TPSA) is 76.4 Å². The number of oxazole rings is 1. The highest BCUT2D eigenvalue weighted by atomic mass is 35.5. The number of thiocarbonyl (C=S) groups is 1. The van der Waals surface area contributed by atoms with Gasteiger partial charge in [-0.25, -0.2) is 4.98 Å². The average Bonchev–Trinajstić information content (AvgIpc) is 3.24. The van der Waals surface area contributed by atoms with Crippen molar-refractivity contribution in [2.75, 3.05) is 12.4 Å². The Hall–Kier alpha value is -3.13. The number of nitrogens with one attached hydrogen (secondary N) is 2. The second-order valence-electron chi connectivity index (χ2n) is 7.85. The molecule has 9 heteroatoms. The van der Waals surface area contributed by atoms with E-state index in [2.05, 4.69) is 29.5 Å². The van der Waals surface area contributed by atoms with Crippen molar-refractivity contribution in [3.05, 3.63) is 75.8 Å². The third-order valence-corrected chi connectivity index (χ3v) is 5.94. The summed E-state index contributed by atoms with van der Waals surface area (Å²) < 4.78 is 11.4. The second-order valence-corrected chi connectivity index (χ2v) is 9.10. The molecule has 0 aliphatic heterocycles. The Morgan fingerprint density at radius 2 is 1.88 bits per heavy atom. The summed E-state index contributed by atoms with van der Waals surface area (Å²) in [4.78, 5) is 17.2. The lowest BCUT2D eigenvalue weighted by atomic mass is 10.0. The van der Waals surface area contributed by atoms with Gasteiger partial charge in [0.15, 0.2) is 10.7 Å². The molecule has 0 unspecified atom stereocenters. The molecule has 0 radical (unpaired) electrons. The first kappa shape index (κ1) is 24.0. The highest BCUT2D eigenvalue weighted by Crippen LogP contribution is 2.32. The van der Waals surface area contributed by atoms with Crippen molar-refractivity contribution in [1.82, 2.24) is 10.3 Å². The van der Waals surface area contributed by atoms with Crippen LogP contribution < -0.4 is 15.4 Å². The molecule has 0 spiro atoms. The summed E-state index contributed by atoms with van der Waals surface area (Å²) >= 11 is 17.4. The first-order chi connectivity index (χ1) is 16.2. The van der Waals surface area contributed by atoms with E-state index in [0.29, 0.717) is 33.9 Å². The van der Waals surface area contributed by atoms with Crippen LogP contribution in [-0.4, -0.2) is 23.1 Å². The number of halogens is 2. The van der Waals surface area contributed by atoms with Gasteiger partial charge in [0.25, 0.3) is 5.91 Å². The molecule has 0 fully saturated rings. The van der Waals surface area contributed by atoms with Crippen LogP contribution in [0.15, 0.2) is 59.0 Å². The van der Waals surface area contributed by atoms with E-state index in [4.69, 9.17) is 44.6 Å². The Morgan fingerprint density at radius 3 is 2.62 bits per heavy atom. The fraction of sp³-hybridized carbons (Fsp3) is 0.160. The summed E-state index contributed by atoms with van der Waals surface area (Å²) in [6.07, 6.45) is 0. The van der Waals surface area contributed by atoms with Crippen molar-refractivity contribution in [2.24, 2.45) is 0 Å². The number of methoxy groups -OCH3 is 1. The SMILES string of the molecule is COc1ccc(-c2nc3cc(C(C)C)ccc3o2)cc1NC(=S)NC(=O)c1cc(Cl)ccc1Cl. The first-order valence-corrected chi connectivity index (χ1v) is 11.6. The van der Waals surface area contributed by atoms with Crippen LogP contribution in [0.25, 0.3) is 22.6 Å². The molecule has 2 N–H and O–H groups in total. The van der Waals surface area contributed by atoms with Gasteiger partial charge in [-0.05, 0) is 72.2 Å². The zero-order chi connectivity index (χ0) is 24.4. The molecule has 1 amide bonds. The molecule has 4 aromatic rings. The molecular formula is C25H21Cl2N3O3S. The summed E-state index contributed by atoms with van der Waals surface area (Å²) in [6, 6.07) is 16.0. The summed E-state index contributed by atoms with van der Waals surface area (Å²) in [7, 11) is 1.54. The molecule has 174 valence electrons. The molecule has 6 nitrogen and oxygen atoms in total. The van der Waals surface area contributed by atoms with Crippen molar-refractivity contribution in [2.45, 2.75) is 19.8 Å². The van der Waals surface area contributed by atoms with E-state index in [1.54, 1.807) is 31.4 Å². The Balaban J connectivity index is 1.58. The van der Waals surface area contributed by atoms with Crippen molar-refractivity contribution < 1.29 is 13.9 Å². The minimum Gasteiger partial charge on any atom is -0.495 e. The van der Waals surface area contributed by atoms with Gasteiger partial charge < -0.3 is 14.5 Å². The van der Waals surface area contributed by atoms with E-state index in [1.807, 2.05) is 24.3 Å². The van der Waals surface area contributed by atoms with Gasteiger partial charge in [0.05, 0.1) is 23.4 Å². The number of benzene rings is 3. The van der Waals surface area contributed by atoms with Gasteiger partial charge in [-0.2, -0.15) is 0 Å². The van der Waals surface area contributed by atoms with Gasteiger partial charge in [-0.1, -0.05) is 43.1 Å². The fourth-order valence-corrected chi connectivity index (χ4v) is 3.94. The minimum atomic E-state index is -0.486. The quantitative estimate of drug-likeness (QED) is 0.278. The molecule has 0 saturated carbocycles. The summed E-state index contributed by atoms with van der Waals surface area (Å²) in [5.74, 6) is 0.890. The fourth-order valence-electron chi connectivity index (χ4n) is 3.36. The normalized spacial score (nSPS) is 11.0. The zero-order valence-electron chi connectivity index (χ0n) is 18.6. The molecule has 0 saturated heterocycles. The largest absolute Gasteiger partial charge is 0.495 e. The number of fused-ring (bicyclic) bond motifs is 1. The molecule has 0 atom stereocenters. The molecule has 0 aliphatic rings. The van der Waals surface area contributed by atoms with Crippen LogP contribution in [0.1, 0.15) is 35.7 Å².